The second-order valence-corrected chi connectivity index (χ2v) is 8.08. The first-order chi connectivity index (χ1) is 14.5. The van der Waals surface area contributed by atoms with Crippen LogP contribution in [-0.4, -0.2) is 52.7 Å². The van der Waals surface area contributed by atoms with Crippen molar-refractivity contribution in [1.82, 2.24) is 9.88 Å². The lowest BCUT2D eigenvalue weighted by Gasteiger charge is -2.27. The molecule has 1 aromatic heterocycles. The fourth-order valence-electron chi connectivity index (χ4n) is 4.03. The number of aromatic hydroxyl groups is 1. The second-order valence-electron chi connectivity index (χ2n) is 8.08. The molecule has 1 aliphatic heterocycles. The molecule has 1 aliphatic rings. The minimum absolute atomic E-state index is 0.00959. The van der Waals surface area contributed by atoms with E-state index in [1.54, 1.807) is 13.0 Å². The molecular weight excluding hydrogens is 376 g/mol. The Morgan fingerprint density at radius 1 is 1.17 bits per heavy atom. The van der Waals surface area contributed by atoms with Gasteiger partial charge in [0.2, 0.25) is 0 Å². The zero-order valence-corrected chi connectivity index (χ0v) is 17.5. The smallest absolute Gasteiger partial charge is 0.199 e. The van der Waals surface area contributed by atoms with E-state index in [-0.39, 0.29) is 17.7 Å². The summed E-state index contributed by atoms with van der Waals surface area (Å²) in [5.74, 6) is 0.0601. The van der Waals surface area contributed by atoms with Gasteiger partial charge in [-0.05, 0) is 63.7 Å². The summed E-state index contributed by atoms with van der Waals surface area (Å²) in [7, 11) is 2.13. The molecule has 2 aromatic carbocycles. The van der Waals surface area contributed by atoms with Crippen LogP contribution in [0.15, 0.2) is 47.5 Å². The summed E-state index contributed by atoms with van der Waals surface area (Å²) in [6.45, 7) is 4.03. The van der Waals surface area contributed by atoms with Crippen molar-refractivity contribution >= 4 is 22.4 Å². The number of carbonyl (C=O) groups is 1. The van der Waals surface area contributed by atoms with Crippen LogP contribution in [0.2, 0.25) is 0 Å². The van der Waals surface area contributed by atoms with Crippen LogP contribution in [0.4, 0.5) is 0 Å². The van der Waals surface area contributed by atoms with E-state index < -0.39 is 0 Å². The first-order valence-corrected chi connectivity index (χ1v) is 10.4. The minimum Gasteiger partial charge on any atom is -0.494 e. The van der Waals surface area contributed by atoms with Gasteiger partial charge in [-0.2, -0.15) is 0 Å². The number of ketones is 1. The molecule has 0 saturated carbocycles. The monoisotopic (exact) mass is 404 g/mol. The van der Waals surface area contributed by atoms with Crippen LogP contribution < -0.4 is 5.73 Å². The molecule has 1 saturated heterocycles. The summed E-state index contributed by atoms with van der Waals surface area (Å²) in [5, 5.41) is 11.6. The third-order valence-electron chi connectivity index (χ3n) is 5.88. The van der Waals surface area contributed by atoms with E-state index in [1.807, 2.05) is 36.4 Å². The van der Waals surface area contributed by atoms with Gasteiger partial charge in [-0.15, -0.1) is 0 Å². The lowest BCUT2D eigenvalue weighted by Crippen LogP contribution is -2.32. The van der Waals surface area contributed by atoms with E-state index in [0.717, 1.165) is 53.7 Å². The number of piperidine rings is 1. The Balaban J connectivity index is 1.87. The first kappa shape index (κ1) is 20.3. The number of likely N-dealkylation sites (tertiary alicyclic amines) is 1. The molecule has 2 heterocycles. The lowest BCUT2D eigenvalue weighted by atomic mass is 9.97. The van der Waals surface area contributed by atoms with Crippen molar-refractivity contribution in [3.8, 4) is 5.88 Å². The fourth-order valence-corrected chi connectivity index (χ4v) is 4.03. The molecule has 0 amide bonds. The molecule has 1 fully saturated rings. The number of rotatable bonds is 5. The highest BCUT2D eigenvalue weighted by molar-refractivity contribution is 6.21. The van der Waals surface area contributed by atoms with Crippen molar-refractivity contribution < 1.29 is 9.90 Å². The molecule has 4 rings (SSSR count). The fraction of sp³-hybridized carbons (Fsp3) is 0.333. The Labute approximate surface area is 176 Å². The summed E-state index contributed by atoms with van der Waals surface area (Å²) in [6.07, 6.45) is 1.95. The first-order valence-electron chi connectivity index (χ1n) is 10.4. The van der Waals surface area contributed by atoms with E-state index in [4.69, 9.17) is 10.7 Å². The number of hydrogen-bond donors (Lipinski definition) is 3. The van der Waals surface area contributed by atoms with Crippen molar-refractivity contribution in [2.45, 2.75) is 32.4 Å². The van der Waals surface area contributed by atoms with Gasteiger partial charge in [-0.1, -0.05) is 24.3 Å². The molecule has 0 bridgehead atoms. The van der Waals surface area contributed by atoms with E-state index in [1.165, 1.54) is 0 Å². The largest absolute Gasteiger partial charge is 0.494 e. The maximum absolute atomic E-state index is 11.9. The number of aromatic amines is 1. The number of Topliss-reactive ketones (excluding diaryl/α,β-unsaturated/α-hetero) is 1. The zero-order valence-electron chi connectivity index (χ0n) is 17.5. The number of H-pyrrole nitrogens is 1. The Hall–Kier alpha value is -2.96. The number of fused-ring (bicyclic) bond motifs is 1. The third kappa shape index (κ3) is 4.01. The Morgan fingerprint density at radius 2 is 1.83 bits per heavy atom. The third-order valence-corrected chi connectivity index (χ3v) is 5.88. The van der Waals surface area contributed by atoms with Gasteiger partial charge in [0.25, 0.3) is 0 Å². The van der Waals surface area contributed by atoms with Crippen LogP contribution >= 0.6 is 0 Å². The van der Waals surface area contributed by atoms with E-state index in [0.29, 0.717) is 17.7 Å². The predicted molar refractivity (Wildman–Crippen MR) is 120 cm³/mol. The Kier molecular flexibility index (Phi) is 5.70. The lowest BCUT2D eigenvalue weighted by molar-refractivity contribution is 0.101. The second kappa shape index (κ2) is 8.42. The van der Waals surface area contributed by atoms with Crippen molar-refractivity contribution in [1.29, 1.82) is 0 Å². The molecule has 6 nitrogen and oxygen atoms in total. The molecular formula is C24H28N4O2. The molecule has 0 radical (unpaired) electrons. The van der Waals surface area contributed by atoms with Crippen LogP contribution in [0.25, 0.3) is 10.9 Å². The molecule has 156 valence electrons. The van der Waals surface area contributed by atoms with Gasteiger partial charge in [-0.3, -0.25) is 9.79 Å². The van der Waals surface area contributed by atoms with Crippen LogP contribution in [-0.2, 0) is 6.54 Å². The van der Waals surface area contributed by atoms with Crippen molar-refractivity contribution in [3.63, 3.8) is 0 Å². The van der Waals surface area contributed by atoms with Gasteiger partial charge in [0, 0.05) is 28.6 Å². The number of benzene rings is 2. The van der Waals surface area contributed by atoms with Crippen LogP contribution in [0.3, 0.4) is 0 Å². The standard InChI is InChI=1S/C24H28N4O2/c1-15(29)18-7-8-21-20(13-18)22(24(30)27-21)23(17-5-3-16(14-25)4-6-17)26-19-9-11-28(2)12-10-19/h3-8,13,19,27,30H,9-12,14,25H2,1-2H3. The number of aliphatic imine (C=N–C) groups is 1. The number of nitrogens with one attached hydrogen (secondary N) is 1. The maximum Gasteiger partial charge on any atom is 0.199 e. The van der Waals surface area contributed by atoms with Crippen LogP contribution in [0.5, 0.6) is 5.88 Å². The average Bonchev–Trinajstić information content (AvgIpc) is 3.08. The van der Waals surface area contributed by atoms with Crippen LogP contribution in [0.1, 0.15) is 46.8 Å². The molecule has 6 heteroatoms. The summed E-state index contributed by atoms with van der Waals surface area (Å²) in [6, 6.07) is 13.6. The van der Waals surface area contributed by atoms with Crippen LogP contribution in [0, 0.1) is 0 Å². The van der Waals surface area contributed by atoms with E-state index >= 15 is 0 Å². The number of carbonyl (C=O) groups excluding carboxylic acids is 1. The highest BCUT2D eigenvalue weighted by Gasteiger charge is 2.22. The minimum atomic E-state index is -0.00959. The molecule has 0 aliphatic carbocycles. The maximum atomic E-state index is 11.9. The summed E-state index contributed by atoms with van der Waals surface area (Å²) in [4.78, 5) is 22.4. The number of nitrogens with zero attached hydrogens (tertiary/aromatic N) is 2. The molecule has 0 atom stereocenters. The van der Waals surface area contributed by atoms with Gasteiger partial charge in [0.05, 0.1) is 17.3 Å². The van der Waals surface area contributed by atoms with E-state index in [2.05, 4.69) is 16.9 Å². The van der Waals surface area contributed by atoms with Gasteiger partial charge in [0.15, 0.2) is 11.7 Å². The van der Waals surface area contributed by atoms with Gasteiger partial charge in [-0.25, -0.2) is 0 Å². The molecule has 4 N–H and O–H groups in total. The topological polar surface area (TPSA) is 94.7 Å². The Morgan fingerprint density at radius 3 is 2.47 bits per heavy atom. The average molecular weight is 405 g/mol. The van der Waals surface area contributed by atoms with Gasteiger partial charge in [0.1, 0.15) is 0 Å². The SMILES string of the molecule is CC(=O)c1ccc2[nH]c(O)c(C(=NC3CCN(C)CC3)c3ccc(CN)cc3)c2c1. The molecule has 3 aromatic rings. The van der Waals surface area contributed by atoms with Crippen molar-refractivity contribution in [2.75, 3.05) is 20.1 Å². The van der Waals surface area contributed by atoms with E-state index in [9.17, 15) is 9.90 Å². The molecule has 0 spiro atoms. The Bertz CT molecular complexity index is 1090. The summed E-state index contributed by atoms with van der Waals surface area (Å²) in [5.41, 5.74) is 10.5. The van der Waals surface area contributed by atoms with Gasteiger partial charge >= 0.3 is 0 Å². The van der Waals surface area contributed by atoms with Crippen molar-refractivity contribution in [3.05, 3.63) is 64.7 Å². The summed E-state index contributed by atoms with van der Waals surface area (Å²) < 4.78 is 0. The normalized spacial score (nSPS) is 16.3. The van der Waals surface area contributed by atoms with Gasteiger partial charge < -0.3 is 20.7 Å². The van der Waals surface area contributed by atoms with Crippen molar-refractivity contribution in [2.24, 2.45) is 10.7 Å². The number of hydrogen-bond acceptors (Lipinski definition) is 5. The predicted octanol–water partition coefficient (Wildman–Crippen LogP) is 3.47. The zero-order chi connectivity index (χ0) is 21.3. The number of aromatic nitrogens is 1. The molecule has 30 heavy (non-hydrogen) atoms. The quantitative estimate of drug-likeness (QED) is 0.448. The molecule has 0 unspecified atom stereocenters. The highest BCUT2D eigenvalue weighted by Crippen LogP contribution is 2.32. The highest BCUT2D eigenvalue weighted by atomic mass is 16.3. The summed E-state index contributed by atoms with van der Waals surface area (Å²) >= 11 is 0. The number of nitrogens with two attached hydrogens (primary N) is 1.